The fraction of sp³-hybridized carbons (Fsp3) is 0.348. The predicted molar refractivity (Wildman–Crippen MR) is 120 cm³/mol. The maximum Gasteiger partial charge on any atom is 0.437 e. The Labute approximate surface area is 207 Å². The van der Waals surface area contributed by atoms with Crippen molar-refractivity contribution in [1.82, 2.24) is 14.5 Å². The standard InChI is InChI=1S/C23H20ClF5N4O3/c1-12(20(25)26)4-15(22(35-3)33-9-13(33)2)10-32-11-31-19(23(27,28)29)18(21(32)34)36-17-6-14(8-30)5-16(24)7-17/h4-7,11,13,20H,9-10H2,1-3H3. The van der Waals surface area contributed by atoms with Gasteiger partial charge in [-0.25, -0.2) is 13.8 Å². The van der Waals surface area contributed by atoms with Crippen LogP contribution >= 0.6 is 11.6 Å². The van der Waals surface area contributed by atoms with Crippen LogP contribution in [0.1, 0.15) is 25.1 Å². The quantitative estimate of drug-likeness (QED) is 0.198. The van der Waals surface area contributed by atoms with Crippen LogP contribution in [-0.4, -0.2) is 40.6 Å². The minimum absolute atomic E-state index is 0.00278. The van der Waals surface area contributed by atoms with Gasteiger partial charge >= 0.3 is 6.18 Å². The van der Waals surface area contributed by atoms with Crippen LogP contribution in [0.15, 0.2) is 52.4 Å². The van der Waals surface area contributed by atoms with Gasteiger partial charge in [0.2, 0.25) is 5.75 Å². The molecule has 0 radical (unpaired) electrons. The first kappa shape index (κ1) is 27.0. The van der Waals surface area contributed by atoms with E-state index in [4.69, 9.17) is 26.3 Å². The number of nitrogens with zero attached hydrogens (tertiary/aromatic N) is 4. The molecule has 2 aromatic rings. The lowest BCUT2D eigenvalue weighted by Gasteiger charge is -2.18. The molecule has 0 aliphatic carbocycles. The van der Waals surface area contributed by atoms with E-state index >= 15 is 0 Å². The zero-order chi connectivity index (χ0) is 26.8. The van der Waals surface area contributed by atoms with Gasteiger partial charge in [-0.2, -0.15) is 18.4 Å². The fourth-order valence-electron chi connectivity index (χ4n) is 3.33. The van der Waals surface area contributed by atoms with Crippen molar-refractivity contribution in [2.45, 2.75) is 39.0 Å². The molecule has 0 bridgehead atoms. The molecule has 1 saturated heterocycles. The molecule has 1 aromatic carbocycles. The molecule has 0 N–H and O–H groups in total. The lowest BCUT2D eigenvalue weighted by Crippen LogP contribution is -2.27. The van der Waals surface area contributed by atoms with E-state index in [0.717, 1.165) is 22.8 Å². The Hall–Kier alpha value is -3.59. The lowest BCUT2D eigenvalue weighted by molar-refractivity contribution is -0.142. The first-order valence-electron chi connectivity index (χ1n) is 10.4. The van der Waals surface area contributed by atoms with Crippen molar-refractivity contribution < 1.29 is 31.4 Å². The predicted octanol–water partition coefficient (Wildman–Crippen LogP) is 5.35. The molecular weight excluding hydrogens is 511 g/mol. The Kier molecular flexibility index (Phi) is 7.93. The van der Waals surface area contributed by atoms with Gasteiger partial charge in [-0.1, -0.05) is 11.6 Å². The molecule has 1 fully saturated rings. The minimum Gasteiger partial charge on any atom is -0.482 e. The molecule has 192 valence electrons. The van der Waals surface area contributed by atoms with Gasteiger partial charge in [-0.05, 0) is 43.7 Å². The molecule has 0 spiro atoms. The molecule has 13 heteroatoms. The summed E-state index contributed by atoms with van der Waals surface area (Å²) in [5.74, 6) is -1.25. The normalized spacial score (nSPS) is 16.5. The van der Waals surface area contributed by atoms with Gasteiger partial charge in [0.25, 0.3) is 12.0 Å². The van der Waals surface area contributed by atoms with Gasteiger partial charge in [-0.15, -0.1) is 0 Å². The van der Waals surface area contributed by atoms with Gasteiger partial charge in [-0.3, -0.25) is 9.36 Å². The number of hydrogen-bond donors (Lipinski definition) is 0. The molecule has 36 heavy (non-hydrogen) atoms. The Balaban J connectivity index is 2.14. The second-order valence-corrected chi connectivity index (χ2v) is 8.40. The van der Waals surface area contributed by atoms with Crippen molar-refractivity contribution in [1.29, 1.82) is 5.26 Å². The molecule has 0 saturated carbocycles. The molecule has 3 rings (SSSR count). The van der Waals surface area contributed by atoms with Crippen LogP contribution in [0.5, 0.6) is 11.5 Å². The van der Waals surface area contributed by atoms with E-state index in [1.165, 1.54) is 20.1 Å². The summed E-state index contributed by atoms with van der Waals surface area (Å²) in [5, 5.41) is 9.08. The van der Waals surface area contributed by atoms with Crippen LogP contribution in [-0.2, 0) is 17.5 Å². The van der Waals surface area contributed by atoms with Crippen LogP contribution in [0, 0.1) is 11.3 Å². The smallest absolute Gasteiger partial charge is 0.437 e. The molecule has 1 aliphatic heterocycles. The number of rotatable bonds is 8. The summed E-state index contributed by atoms with van der Waals surface area (Å²) in [6.45, 7) is 3.17. The first-order valence-corrected chi connectivity index (χ1v) is 10.8. The van der Waals surface area contributed by atoms with Crippen molar-refractivity contribution in [2.75, 3.05) is 13.7 Å². The Morgan fingerprint density at radius 3 is 2.56 bits per heavy atom. The fourth-order valence-corrected chi connectivity index (χ4v) is 3.56. The van der Waals surface area contributed by atoms with Gasteiger partial charge in [0, 0.05) is 23.2 Å². The average Bonchev–Trinajstić information content (AvgIpc) is 3.51. The lowest BCUT2D eigenvalue weighted by atomic mass is 10.1. The molecule has 1 aliphatic rings. The number of halogens is 6. The average molecular weight is 531 g/mol. The van der Waals surface area contributed by atoms with Crippen molar-refractivity contribution >= 4 is 11.6 Å². The molecule has 1 unspecified atom stereocenters. The summed E-state index contributed by atoms with van der Waals surface area (Å²) >= 11 is 5.89. The zero-order valence-corrected chi connectivity index (χ0v) is 20.0. The SMILES string of the molecule is COC(=C(C=C(C)C(F)F)Cn1cnc(C(F)(F)F)c(Oc2cc(Cl)cc(C#N)c2)c1=O)N1CC1C. The van der Waals surface area contributed by atoms with Crippen LogP contribution in [0.25, 0.3) is 0 Å². The van der Waals surface area contributed by atoms with Crippen molar-refractivity contribution in [2.24, 2.45) is 0 Å². The topological polar surface area (TPSA) is 80.2 Å². The van der Waals surface area contributed by atoms with Crippen LogP contribution in [0.3, 0.4) is 0 Å². The molecule has 1 aromatic heterocycles. The highest BCUT2D eigenvalue weighted by Crippen LogP contribution is 2.35. The molecular formula is C23H20ClF5N4O3. The molecule has 7 nitrogen and oxygen atoms in total. The van der Waals surface area contributed by atoms with Gasteiger partial charge in [0.05, 0.1) is 31.6 Å². The third-order valence-electron chi connectivity index (χ3n) is 5.16. The van der Waals surface area contributed by atoms with E-state index in [-0.39, 0.29) is 39.4 Å². The van der Waals surface area contributed by atoms with Crippen LogP contribution in [0.4, 0.5) is 22.0 Å². The highest BCUT2D eigenvalue weighted by atomic mass is 35.5. The first-order chi connectivity index (χ1) is 16.8. The van der Waals surface area contributed by atoms with Gasteiger partial charge < -0.3 is 14.4 Å². The number of methoxy groups -OCH3 is 1. The summed E-state index contributed by atoms with van der Waals surface area (Å²) in [7, 11) is 1.32. The van der Waals surface area contributed by atoms with Crippen molar-refractivity contribution in [3.05, 3.63) is 74.3 Å². The van der Waals surface area contributed by atoms with E-state index in [1.807, 2.05) is 6.92 Å². The number of ether oxygens (including phenoxy) is 2. The number of nitriles is 1. The number of hydrogen-bond acceptors (Lipinski definition) is 6. The third kappa shape index (κ3) is 6.15. The van der Waals surface area contributed by atoms with E-state index < -0.39 is 36.1 Å². The van der Waals surface area contributed by atoms with E-state index in [2.05, 4.69) is 4.98 Å². The van der Waals surface area contributed by atoms with Crippen LogP contribution < -0.4 is 10.3 Å². The zero-order valence-electron chi connectivity index (χ0n) is 19.2. The number of aromatic nitrogens is 2. The van der Waals surface area contributed by atoms with E-state index in [0.29, 0.717) is 12.9 Å². The van der Waals surface area contributed by atoms with Crippen LogP contribution in [0.2, 0.25) is 5.02 Å². The summed E-state index contributed by atoms with van der Waals surface area (Å²) in [6.07, 6.45) is -6.08. The molecule has 2 heterocycles. The Morgan fingerprint density at radius 1 is 1.36 bits per heavy atom. The summed E-state index contributed by atoms with van der Waals surface area (Å²) < 4.78 is 78.9. The molecule has 0 amide bonds. The van der Waals surface area contributed by atoms with E-state index in [1.54, 1.807) is 11.0 Å². The van der Waals surface area contributed by atoms with Gasteiger partial charge in [0.1, 0.15) is 5.75 Å². The number of allylic oxidation sites excluding steroid dienone is 3. The second-order valence-electron chi connectivity index (χ2n) is 7.97. The van der Waals surface area contributed by atoms with E-state index in [9.17, 15) is 26.7 Å². The second kappa shape index (κ2) is 10.6. The summed E-state index contributed by atoms with van der Waals surface area (Å²) in [6, 6.07) is 5.32. The Bertz CT molecular complexity index is 1310. The maximum absolute atomic E-state index is 13.7. The number of alkyl halides is 5. The summed E-state index contributed by atoms with van der Waals surface area (Å²) in [5.41, 5.74) is -3.04. The Morgan fingerprint density at radius 2 is 2.03 bits per heavy atom. The minimum atomic E-state index is -5.05. The highest BCUT2D eigenvalue weighted by Gasteiger charge is 2.39. The molecule has 1 atom stereocenters. The van der Waals surface area contributed by atoms with Crippen molar-refractivity contribution in [3.8, 4) is 17.6 Å². The summed E-state index contributed by atoms with van der Waals surface area (Å²) in [4.78, 5) is 18.3. The highest BCUT2D eigenvalue weighted by molar-refractivity contribution is 6.30. The third-order valence-corrected chi connectivity index (χ3v) is 5.38. The monoisotopic (exact) mass is 530 g/mol. The largest absolute Gasteiger partial charge is 0.482 e. The van der Waals surface area contributed by atoms with Crippen molar-refractivity contribution in [3.63, 3.8) is 0 Å². The maximum atomic E-state index is 13.7. The number of benzene rings is 1. The van der Waals surface area contributed by atoms with Gasteiger partial charge in [0.15, 0.2) is 11.6 Å².